The Kier molecular flexibility index (Phi) is 5.83. The number of likely N-dealkylation sites (tertiary alicyclic amines) is 1. The summed E-state index contributed by atoms with van der Waals surface area (Å²) < 4.78 is 6.81. The van der Waals surface area contributed by atoms with Gasteiger partial charge >= 0.3 is 5.97 Å². The summed E-state index contributed by atoms with van der Waals surface area (Å²) in [4.78, 5) is 18.3. The van der Waals surface area contributed by atoms with Gasteiger partial charge in [0.05, 0.1) is 13.7 Å². The number of ether oxygens (including phenoxy) is 1. The molecule has 1 aromatic carbocycles. The number of carbonyl (C=O) groups is 1. The van der Waals surface area contributed by atoms with Crippen LogP contribution in [0.1, 0.15) is 24.2 Å². The van der Waals surface area contributed by atoms with E-state index in [0.29, 0.717) is 0 Å². The van der Waals surface area contributed by atoms with E-state index in [4.69, 9.17) is 0 Å². The molecule has 0 amide bonds. The summed E-state index contributed by atoms with van der Waals surface area (Å²) >= 11 is 0. The monoisotopic (exact) mass is 343 g/mol. The third-order valence-electron chi connectivity index (χ3n) is 4.88. The van der Waals surface area contributed by atoms with Crippen molar-refractivity contribution in [3.63, 3.8) is 0 Å². The second-order valence-electron chi connectivity index (χ2n) is 6.54. The molecule has 6 nitrogen and oxygen atoms in total. The average Bonchev–Trinajstić information content (AvgIpc) is 3.08. The van der Waals surface area contributed by atoms with Gasteiger partial charge in [0.25, 0.3) is 0 Å². The van der Waals surface area contributed by atoms with Gasteiger partial charge in [0.15, 0.2) is 6.10 Å². The van der Waals surface area contributed by atoms with Gasteiger partial charge in [-0.15, -0.1) is 0 Å². The summed E-state index contributed by atoms with van der Waals surface area (Å²) in [6, 6.07) is 10.3. The highest BCUT2D eigenvalue weighted by Gasteiger charge is 2.30. The van der Waals surface area contributed by atoms with Crippen molar-refractivity contribution in [1.29, 1.82) is 0 Å². The molecule has 6 heteroatoms. The molecule has 1 saturated heterocycles. The van der Waals surface area contributed by atoms with Gasteiger partial charge < -0.3 is 14.4 Å². The van der Waals surface area contributed by atoms with E-state index in [2.05, 4.69) is 31.3 Å². The number of piperidine rings is 1. The number of rotatable bonds is 6. The number of esters is 1. The SMILES string of the molecule is COC(=O)[C@@H](O)C1CCN(Cc2nccn2Cc2ccccc2)CC1. The third-order valence-corrected chi connectivity index (χ3v) is 4.88. The van der Waals surface area contributed by atoms with Gasteiger partial charge in [-0.25, -0.2) is 9.78 Å². The van der Waals surface area contributed by atoms with Crippen LogP contribution in [-0.4, -0.2) is 51.8 Å². The average molecular weight is 343 g/mol. The molecule has 1 atom stereocenters. The third kappa shape index (κ3) is 4.46. The van der Waals surface area contributed by atoms with Crippen molar-refractivity contribution in [3.8, 4) is 0 Å². The van der Waals surface area contributed by atoms with Crippen molar-refractivity contribution >= 4 is 5.97 Å². The van der Waals surface area contributed by atoms with Crippen molar-refractivity contribution in [2.24, 2.45) is 5.92 Å². The van der Waals surface area contributed by atoms with Crippen LogP contribution in [0.2, 0.25) is 0 Å². The first-order valence-corrected chi connectivity index (χ1v) is 8.69. The van der Waals surface area contributed by atoms with Gasteiger partial charge in [0, 0.05) is 18.9 Å². The topological polar surface area (TPSA) is 67.6 Å². The minimum Gasteiger partial charge on any atom is -0.467 e. The van der Waals surface area contributed by atoms with Gasteiger partial charge in [-0.3, -0.25) is 4.90 Å². The lowest BCUT2D eigenvalue weighted by atomic mass is 9.91. The number of carbonyl (C=O) groups excluding carboxylic acids is 1. The Hall–Kier alpha value is -2.18. The Morgan fingerprint density at radius 2 is 2.00 bits per heavy atom. The minimum absolute atomic E-state index is 0.0206. The van der Waals surface area contributed by atoms with E-state index < -0.39 is 12.1 Å². The number of methoxy groups -OCH3 is 1. The number of nitrogens with zero attached hydrogens (tertiary/aromatic N) is 3. The Balaban J connectivity index is 1.55. The van der Waals surface area contributed by atoms with Gasteiger partial charge in [-0.1, -0.05) is 30.3 Å². The first kappa shape index (κ1) is 17.6. The number of benzene rings is 1. The van der Waals surface area contributed by atoms with E-state index in [0.717, 1.165) is 44.8 Å². The molecule has 0 radical (unpaired) electrons. The molecule has 2 heterocycles. The number of aliphatic hydroxyl groups is 1. The van der Waals surface area contributed by atoms with Gasteiger partial charge in [-0.2, -0.15) is 0 Å². The van der Waals surface area contributed by atoms with Crippen LogP contribution in [0.5, 0.6) is 0 Å². The van der Waals surface area contributed by atoms with Crippen molar-refractivity contribution in [1.82, 2.24) is 14.5 Å². The summed E-state index contributed by atoms with van der Waals surface area (Å²) in [5, 5.41) is 9.98. The molecule has 0 aliphatic carbocycles. The van der Waals surface area contributed by atoms with Crippen LogP contribution >= 0.6 is 0 Å². The molecule has 1 aromatic heterocycles. The minimum atomic E-state index is -1.01. The highest BCUT2D eigenvalue weighted by Crippen LogP contribution is 2.22. The molecule has 1 N–H and O–H groups in total. The quantitative estimate of drug-likeness (QED) is 0.808. The van der Waals surface area contributed by atoms with Crippen LogP contribution in [0, 0.1) is 5.92 Å². The summed E-state index contributed by atoms with van der Waals surface area (Å²) in [6.07, 6.45) is 4.42. The number of aromatic nitrogens is 2. The van der Waals surface area contributed by atoms with Crippen LogP contribution in [0.15, 0.2) is 42.7 Å². The molecule has 1 aliphatic heterocycles. The Morgan fingerprint density at radius 1 is 1.28 bits per heavy atom. The largest absolute Gasteiger partial charge is 0.467 e. The fourth-order valence-electron chi connectivity index (χ4n) is 3.36. The fourth-order valence-corrected chi connectivity index (χ4v) is 3.36. The lowest BCUT2D eigenvalue weighted by Crippen LogP contribution is -2.40. The van der Waals surface area contributed by atoms with Crippen LogP contribution in [0.3, 0.4) is 0 Å². The van der Waals surface area contributed by atoms with Gasteiger partial charge in [-0.05, 0) is 37.4 Å². The zero-order chi connectivity index (χ0) is 17.6. The predicted octanol–water partition coefficient (Wildman–Crippen LogP) is 1.68. The maximum atomic E-state index is 11.5. The maximum Gasteiger partial charge on any atom is 0.334 e. The molecule has 0 saturated carbocycles. The standard InChI is InChI=1S/C19H25N3O3/c1-25-19(24)18(23)16-7-10-21(11-8-16)14-17-20-9-12-22(17)13-15-5-3-2-4-6-15/h2-6,9,12,16,18,23H,7-8,10-11,13-14H2,1H3/t18-/m0/s1. The van der Waals surface area contributed by atoms with Gasteiger partial charge in [0.1, 0.15) is 5.82 Å². The molecule has 3 rings (SSSR count). The maximum absolute atomic E-state index is 11.5. The zero-order valence-electron chi connectivity index (χ0n) is 14.5. The molecule has 0 bridgehead atoms. The fraction of sp³-hybridized carbons (Fsp3) is 0.474. The Labute approximate surface area is 148 Å². The molecule has 2 aromatic rings. The molecule has 1 aliphatic rings. The molecular formula is C19H25N3O3. The van der Waals surface area contributed by atoms with Crippen molar-refractivity contribution < 1.29 is 14.6 Å². The summed E-state index contributed by atoms with van der Waals surface area (Å²) in [5.41, 5.74) is 1.25. The van der Waals surface area contributed by atoms with Crippen LogP contribution in [0.4, 0.5) is 0 Å². The highest BCUT2D eigenvalue weighted by molar-refractivity contribution is 5.74. The van der Waals surface area contributed by atoms with E-state index in [1.807, 2.05) is 30.6 Å². The number of hydrogen-bond donors (Lipinski definition) is 1. The zero-order valence-corrected chi connectivity index (χ0v) is 14.5. The highest BCUT2D eigenvalue weighted by atomic mass is 16.5. The summed E-state index contributed by atoms with van der Waals surface area (Å²) in [6.45, 7) is 3.28. The first-order chi connectivity index (χ1) is 12.2. The first-order valence-electron chi connectivity index (χ1n) is 8.69. The van der Waals surface area contributed by atoms with E-state index in [1.165, 1.54) is 12.7 Å². The molecule has 25 heavy (non-hydrogen) atoms. The molecule has 134 valence electrons. The predicted molar refractivity (Wildman–Crippen MR) is 93.8 cm³/mol. The summed E-state index contributed by atoms with van der Waals surface area (Å²) in [5.74, 6) is 0.487. The number of hydrogen-bond acceptors (Lipinski definition) is 5. The Bertz CT molecular complexity index is 678. The van der Waals surface area contributed by atoms with Crippen LogP contribution in [-0.2, 0) is 22.6 Å². The van der Waals surface area contributed by atoms with E-state index in [-0.39, 0.29) is 5.92 Å². The van der Waals surface area contributed by atoms with Crippen molar-refractivity contribution in [2.45, 2.75) is 32.0 Å². The van der Waals surface area contributed by atoms with E-state index in [1.54, 1.807) is 0 Å². The molecule has 1 fully saturated rings. The second-order valence-corrected chi connectivity index (χ2v) is 6.54. The summed E-state index contributed by atoms with van der Waals surface area (Å²) in [7, 11) is 1.31. The van der Waals surface area contributed by atoms with Gasteiger partial charge in [0.2, 0.25) is 0 Å². The van der Waals surface area contributed by atoms with Crippen LogP contribution in [0.25, 0.3) is 0 Å². The second kappa shape index (κ2) is 8.27. The number of imidazole rings is 1. The molecular weight excluding hydrogens is 318 g/mol. The molecule has 0 spiro atoms. The molecule has 0 unspecified atom stereocenters. The van der Waals surface area contributed by atoms with Crippen molar-refractivity contribution in [3.05, 3.63) is 54.1 Å². The van der Waals surface area contributed by atoms with E-state index >= 15 is 0 Å². The normalized spacial score (nSPS) is 17.4. The van der Waals surface area contributed by atoms with Crippen molar-refractivity contribution in [2.75, 3.05) is 20.2 Å². The van der Waals surface area contributed by atoms with Crippen LogP contribution < -0.4 is 0 Å². The lowest BCUT2D eigenvalue weighted by molar-refractivity contribution is -0.154. The Morgan fingerprint density at radius 3 is 2.68 bits per heavy atom. The number of aliphatic hydroxyl groups excluding tert-OH is 1. The van der Waals surface area contributed by atoms with E-state index in [9.17, 15) is 9.90 Å². The lowest BCUT2D eigenvalue weighted by Gasteiger charge is -2.33. The smallest absolute Gasteiger partial charge is 0.334 e.